The largest absolute Gasteiger partial charge is 0.493 e. The molecule has 1 aliphatic heterocycles. The molecule has 0 radical (unpaired) electrons. The second kappa shape index (κ2) is 8.13. The van der Waals surface area contributed by atoms with Gasteiger partial charge in [-0.05, 0) is 76.0 Å². The molecule has 0 atom stereocenters. The summed E-state index contributed by atoms with van der Waals surface area (Å²) in [5.74, 6) is 1.18. The highest BCUT2D eigenvalue weighted by atomic mass is 32.2. The summed E-state index contributed by atoms with van der Waals surface area (Å²) in [6.45, 7) is 7.15. The summed E-state index contributed by atoms with van der Waals surface area (Å²) in [5, 5.41) is 0. The third kappa shape index (κ3) is 5.19. The summed E-state index contributed by atoms with van der Waals surface area (Å²) in [6, 6.07) is 5.05. The van der Waals surface area contributed by atoms with E-state index in [2.05, 4.69) is 16.7 Å². The molecule has 0 saturated carbocycles. The van der Waals surface area contributed by atoms with Crippen LogP contribution < -0.4 is 9.46 Å². The predicted octanol–water partition coefficient (Wildman–Crippen LogP) is 2.40. The van der Waals surface area contributed by atoms with Gasteiger partial charge in [0, 0.05) is 6.54 Å². The molecule has 0 aromatic heterocycles. The zero-order valence-electron chi connectivity index (χ0n) is 14.3. The molecule has 0 amide bonds. The van der Waals surface area contributed by atoms with E-state index in [1.807, 2.05) is 13.8 Å². The van der Waals surface area contributed by atoms with Crippen molar-refractivity contribution in [2.24, 2.45) is 5.92 Å². The molecule has 1 fully saturated rings. The number of ether oxygens (including phenoxy) is 1. The van der Waals surface area contributed by atoms with E-state index in [1.165, 1.54) is 0 Å². The van der Waals surface area contributed by atoms with Crippen molar-refractivity contribution in [2.75, 3.05) is 33.3 Å². The van der Waals surface area contributed by atoms with Gasteiger partial charge in [-0.15, -0.1) is 0 Å². The minimum absolute atomic E-state index is 0.312. The Morgan fingerprint density at radius 2 is 2.00 bits per heavy atom. The number of piperidine rings is 1. The van der Waals surface area contributed by atoms with Crippen LogP contribution in [0.5, 0.6) is 5.75 Å². The topological polar surface area (TPSA) is 58.6 Å². The number of rotatable bonds is 7. The lowest BCUT2D eigenvalue weighted by atomic mass is 9.98. The SMILES string of the molecule is CCCOc1ccc(S(=O)(=O)NCC2CCN(C)CC2)cc1C. The number of aryl methyl sites for hydroxylation is 1. The highest BCUT2D eigenvalue weighted by Gasteiger charge is 2.21. The number of hydrogen-bond donors (Lipinski definition) is 1. The molecule has 23 heavy (non-hydrogen) atoms. The van der Waals surface area contributed by atoms with Crippen molar-refractivity contribution in [3.05, 3.63) is 23.8 Å². The molecular formula is C17H28N2O3S. The van der Waals surface area contributed by atoms with Gasteiger partial charge in [0.25, 0.3) is 0 Å². The maximum absolute atomic E-state index is 12.5. The standard InChI is InChI=1S/C17H28N2O3S/c1-4-11-22-17-6-5-16(12-14(17)2)23(20,21)18-13-15-7-9-19(3)10-8-15/h5-6,12,15,18H,4,7-11,13H2,1-3H3. The second-order valence-electron chi connectivity index (χ2n) is 6.37. The Bertz CT molecular complexity index is 608. The van der Waals surface area contributed by atoms with E-state index in [0.717, 1.165) is 43.7 Å². The lowest BCUT2D eigenvalue weighted by Gasteiger charge is -2.28. The predicted molar refractivity (Wildman–Crippen MR) is 92.4 cm³/mol. The summed E-state index contributed by atoms with van der Waals surface area (Å²) >= 11 is 0. The van der Waals surface area contributed by atoms with Crippen LogP contribution >= 0.6 is 0 Å². The van der Waals surface area contributed by atoms with Gasteiger partial charge < -0.3 is 9.64 Å². The number of nitrogens with one attached hydrogen (secondary N) is 1. The Morgan fingerprint density at radius 1 is 1.30 bits per heavy atom. The number of nitrogens with zero attached hydrogens (tertiary/aromatic N) is 1. The molecule has 0 aliphatic carbocycles. The number of benzene rings is 1. The van der Waals surface area contributed by atoms with Crippen molar-refractivity contribution in [2.45, 2.75) is 38.0 Å². The Hall–Kier alpha value is -1.11. The Morgan fingerprint density at radius 3 is 2.61 bits per heavy atom. The molecule has 1 saturated heterocycles. The maximum atomic E-state index is 12.5. The molecular weight excluding hydrogens is 312 g/mol. The molecule has 1 heterocycles. The summed E-state index contributed by atoms with van der Waals surface area (Å²) in [4.78, 5) is 2.59. The van der Waals surface area contributed by atoms with Crippen LogP contribution in [0.25, 0.3) is 0 Å². The fraction of sp³-hybridized carbons (Fsp3) is 0.647. The molecule has 0 spiro atoms. The normalized spacial score (nSPS) is 17.3. The van der Waals surface area contributed by atoms with Gasteiger partial charge >= 0.3 is 0 Å². The van der Waals surface area contributed by atoms with Gasteiger partial charge in [0.2, 0.25) is 10.0 Å². The molecule has 6 heteroatoms. The zero-order valence-corrected chi connectivity index (χ0v) is 15.2. The van der Waals surface area contributed by atoms with Gasteiger partial charge in [0.15, 0.2) is 0 Å². The first-order valence-corrected chi connectivity index (χ1v) is 9.82. The first-order chi connectivity index (χ1) is 10.9. The van der Waals surface area contributed by atoms with E-state index in [0.29, 0.717) is 24.0 Å². The van der Waals surface area contributed by atoms with Gasteiger partial charge in [-0.1, -0.05) is 6.92 Å². The molecule has 1 aromatic rings. The average Bonchev–Trinajstić information content (AvgIpc) is 2.53. The molecule has 5 nitrogen and oxygen atoms in total. The quantitative estimate of drug-likeness (QED) is 0.828. The van der Waals surface area contributed by atoms with Crippen LogP contribution in [-0.4, -0.2) is 46.6 Å². The van der Waals surface area contributed by atoms with Gasteiger partial charge in [0.1, 0.15) is 5.75 Å². The fourth-order valence-corrected chi connectivity index (χ4v) is 3.94. The first kappa shape index (κ1) is 18.2. The van der Waals surface area contributed by atoms with Crippen molar-refractivity contribution in [3.8, 4) is 5.75 Å². The molecule has 1 aromatic carbocycles. The lowest BCUT2D eigenvalue weighted by Crippen LogP contribution is -2.36. The first-order valence-electron chi connectivity index (χ1n) is 8.34. The summed E-state index contributed by atoms with van der Waals surface area (Å²) in [7, 11) is -1.35. The molecule has 130 valence electrons. The summed E-state index contributed by atoms with van der Waals surface area (Å²) in [5.41, 5.74) is 0.848. The molecule has 0 bridgehead atoms. The van der Waals surface area contributed by atoms with Crippen molar-refractivity contribution in [3.63, 3.8) is 0 Å². The van der Waals surface area contributed by atoms with Gasteiger partial charge in [-0.3, -0.25) is 0 Å². The van der Waals surface area contributed by atoms with Crippen LogP contribution in [0.4, 0.5) is 0 Å². The summed E-state index contributed by atoms with van der Waals surface area (Å²) in [6.07, 6.45) is 3.02. The van der Waals surface area contributed by atoms with Crippen LogP contribution in [0.3, 0.4) is 0 Å². The number of sulfonamides is 1. The van der Waals surface area contributed by atoms with E-state index >= 15 is 0 Å². The number of likely N-dealkylation sites (tertiary alicyclic amines) is 1. The van der Waals surface area contributed by atoms with Gasteiger partial charge in [-0.25, -0.2) is 13.1 Å². The van der Waals surface area contributed by atoms with E-state index < -0.39 is 10.0 Å². The van der Waals surface area contributed by atoms with Crippen LogP contribution in [0.1, 0.15) is 31.7 Å². The molecule has 2 rings (SSSR count). The van der Waals surface area contributed by atoms with Crippen molar-refractivity contribution >= 4 is 10.0 Å². The Kier molecular flexibility index (Phi) is 6.44. The Balaban J connectivity index is 1.97. The van der Waals surface area contributed by atoms with Gasteiger partial charge in [0.05, 0.1) is 11.5 Å². The lowest BCUT2D eigenvalue weighted by molar-refractivity contribution is 0.220. The van der Waals surface area contributed by atoms with Crippen molar-refractivity contribution in [1.29, 1.82) is 0 Å². The van der Waals surface area contributed by atoms with Crippen LogP contribution in [0, 0.1) is 12.8 Å². The Labute approximate surface area is 140 Å². The number of hydrogen-bond acceptors (Lipinski definition) is 4. The van der Waals surface area contributed by atoms with Crippen LogP contribution in [0.2, 0.25) is 0 Å². The average molecular weight is 340 g/mol. The minimum Gasteiger partial charge on any atom is -0.493 e. The third-order valence-electron chi connectivity index (χ3n) is 4.32. The summed E-state index contributed by atoms with van der Waals surface area (Å²) < 4.78 is 33.3. The van der Waals surface area contributed by atoms with E-state index in [1.54, 1.807) is 18.2 Å². The second-order valence-corrected chi connectivity index (χ2v) is 8.14. The third-order valence-corrected chi connectivity index (χ3v) is 5.74. The highest BCUT2D eigenvalue weighted by Crippen LogP contribution is 2.22. The fourth-order valence-electron chi connectivity index (χ4n) is 2.74. The van der Waals surface area contributed by atoms with Crippen LogP contribution in [0.15, 0.2) is 23.1 Å². The maximum Gasteiger partial charge on any atom is 0.240 e. The van der Waals surface area contributed by atoms with Gasteiger partial charge in [-0.2, -0.15) is 0 Å². The van der Waals surface area contributed by atoms with Crippen molar-refractivity contribution < 1.29 is 13.2 Å². The highest BCUT2D eigenvalue weighted by molar-refractivity contribution is 7.89. The molecule has 1 N–H and O–H groups in total. The smallest absolute Gasteiger partial charge is 0.240 e. The monoisotopic (exact) mass is 340 g/mol. The van der Waals surface area contributed by atoms with E-state index in [-0.39, 0.29) is 0 Å². The van der Waals surface area contributed by atoms with Crippen molar-refractivity contribution in [1.82, 2.24) is 9.62 Å². The molecule has 0 unspecified atom stereocenters. The molecule has 1 aliphatic rings. The zero-order chi connectivity index (χ0) is 16.9. The van der Waals surface area contributed by atoms with E-state index in [9.17, 15) is 8.42 Å². The van der Waals surface area contributed by atoms with Crippen LogP contribution in [-0.2, 0) is 10.0 Å². The minimum atomic E-state index is -3.45. The van der Waals surface area contributed by atoms with E-state index in [4.69, 9.17) is 4.74 Å².